The number of carbonyl (C=O) groups is 1. The number of carbonyl (C=O) groups excluding carboxylic acids is 1. The van der Waals surface area contributed by atoms with E-state index in [9.17, 15) is 4.79 Å². The fourth-order valence-electron chi connectivity index (χ4n) is 1.63. The molecule has 6 heteroatoms. The highest BCUT2D eigenvalue weighted by Gasteiger charge is 2.09. The first-order valence-electron chi connectivity index (χ1n) is 5.48. The molecule has 0 saturated heterocycles. The van der Waals surface area contributed by atoms with E-state index in [0.717, 1.165) is 16.3 Å². The molecule has 18 heavy (non-hydrogen) atoms. The fourth-order valence-corrected chi connectivity index (χ4v) is 2.51. The van der Waals surface area contributed by atoms with E-state index >= 15 is 0 Å². The number of nitrogens with zero attached hydrogens (tertiary/aromatic N) is 3. The Hall–Kier alpha value is -1.66. The molecule has 0 aliphatic rings. The van der Waals surface area contributed by atoms with Gasteiger partial charge in [-0.15, -0.1) is 11.3 Å². The maximum absolute atomic E-state index is 11.6. The third-order valence-electron chi connectivity index (χ3n) is 2.63. The topological polar surface area (TPSA) is 46.8 Å². The SMILES string of the molecule is CON(C)C(=O)/C=C/c1c(C)nc2sc(C)cn12. The Bertz CT molecular complexity index is 612. The van der Waals surface area contributed by atoms with E-state index in [2.05, 4.69) is 4.98 Å². The summed E-state index contributed by atoms with van der Waals surface area (Å²) in [5.74, 6) is -0.209. The molecule has 2 aromatic rings. The molecule has 0 aliphatic heterocycles. The summed E-state index contributed by atoms with van der Waals surface area (Å²) >= 11 is 1.63. The van der Waals surface area contributed by atoms with Crippen LogP contribution < -0.4 is 0 Å². The number of imidazole rings is 1. The molecule has 1 amide bonds. The molecule has 2 rings (SSSR count). The average molecular weight is 265 g/mol. The van der Waals surface area contributed by atoms with Crippen LogP contribution in [-0.2, 0) is 9.63 Å². The lowest BCUT2D eigenvalue weighted by Gasteiger charge is -2.09. The molecule has 0 aromatic carbocycles. The minimum atomic E-state index is -0.209. The van der Waals surface area contributed by atoms with Crippen molar-refractivity contribution < 1.29 is 9.63 Å². The van der Waals surface area contributed by atoms with Gasteiger partial charge in [-0.3, -0.25) is 14.0 Å². The van der Waals surface area contributed by atoms with Crippen molar-refractivity contribution in [2.75, 3.05) is 14.2 Å². The number of likely N-dealkylation sites (N-methyl/N-ethyl adjacent to an activating group) is 1. The van der Waals surface area contributed by atoms with E-state index in [1.165, 1.54) is 23.1 Å². The zero-order valence-electron chi connectivity index (χ0n) is 10.8. The number of amides is 1. The van der Waals surface area contributed by atoms with Crippen molar-refractivity contribution in [3.63, 3.8) is 0 Å². The summed E-state index contributed by atoms with van der Waals surface area (Å²) in [5, 5.41) is 1.17. The van der Waals surface area contributed by atoms with Crippen molar-refractivity contribution in [1.29, 1.82) is 0 Å². The lowest BCUT2D eigenvalue weighted by molar-refractivity contribution is -0.162. The summed E-state index contributed by atoms with van der Waals surface area (Å²) in [5.41, 5.74) is 1.83. The first-order chi connectivity index (χ1) is 8.52. The van der Waals surface area contributed by atoms with Crippen molar-refractivity contribution in [2.24, 2.45) is 0 Å². The van der Waals surface area contributed by atoms with Gasteiger partial charge in [0.25, 0.3) is 5.91 Å². The fraction of sp³-hybridized carbons (Fsp3) is 0.333. The maximum Gasteiger partial charge on any atom is 0.269 e. The van der Waals surface area contributed by atoms with Crippen LogP contribution in [0.25, 0.3) is 11.0 Å². The summed E-state index contributed by atoms with van der Waals surface area (Å²) in [6, 6.07) is 0. The number of hydrogen-bond acceptors (Lipinski definition) is 4. The predicted octanol–water partition coefficient (Wildman–Crippen LogP) is 2.05. The summed E-state index contributed by atoms with van der Waals surface area (Å²) in [7, 11) is 3.02. The normalized spacial score (nSPS) is 11.6. The Balaban J connectivity index is 2.33. The summed E-state index contributed by atoms with van der Waals surface area (Å²) in [6.45, 7) is 3.96. The van der Waals surface area contributed by atoms with Gasteiger partial charge in [0.1, 0.15) is 0 Å². The van der Waals surface area contributed by atoms with Crippen LogP contribution in [0.1, 0.15) is 16.3 Å². The standard InChI is InChI=1S/C12H15N3O2S/c1-8-7-15-10(9(2)13-12(15)18-8)5-6-11(16)14(3)17-4/h5-7H,1-4H3/b6-5+. The van der Waals surface area contributed by atoms with Gasteiger partial charge in [0.2, 0.25) is 0 Å². The highest BCUT2D eigenvalue weighted by atomic mass is 32.1. The lowest BCUT2D eigenvalue weighted by Crippen LogP contribution is -2.23. The van der Waals surface area contributed by atoms with Gasteiger partial charge < -0.3 is 0 Å². The smallest absolute Gasteiger partial charge is 0.269 e. The monoisotopic (exact) mass is 265 g/mol. The molecule has 0 N–H and O–H groups in total. The van der Waals surface area contributed by atoms with Gasteiger partial charge in [-0.2, -0.15) is 0 Å². The Morgan fingerprint density at radius 3 is 2.94 bits per heavy atom. The van der Waals surface area contributed by atoms with E-state index in [0.29, 0.717) is 0 Å². The van der Waals surface area contributed by atoms with E-state index in [4.69, 9.17) is 4.84 Å². The second-order valence-electron chi connectivity index (χ2n) is 3.93. The molecule has 0 bridgehead atoms. The Kier molecular flexibility index (Phi) is 3.49. The van der Waals surface area contributed by atoms with Gasteiger partial charge in [0.05, 0.1) is 18.5 Å². The third-order valence-corrected chi connectivity index (χ3v) is 3.53. The van der Waals surface area contributed by atoms with Crippen LogP contribution in [0.2, 0.25) is 0 Å². The highest BCUT2D eigenvalue weighted by molar-refractivity contribution is 7.17. The molecule has 96 valence electrons. The highest BCUT2D eigenvalue weighted by Crippen LogP contribution is 2.21. The van der Waals surface area contributed by atoms with Gasteiger partial charge in [-0.1, -0.05) is 0 Å². The number of rotatable bonds is 3. The van der Waals surface area contributed by atoms with Gasteiger partial charge in [-0.05, 0) is 19.9 Å². The number of aromatic nitrogens is 2. The molecule has 0 fully saturated rings. The zero-order valence-corrected chi connectivity index (χ0v) is 11.6. The molecule has 0 radical (unpaired) electrons. The van der Waals surface area contributed by atoms with Crippen molar-refractivity contribution in [1.82, 2.24) is 14.4 Å². The molecule has 2 heterocycles. The van der Waals surface area contributed by atoms with Crippen molar-refractivity contribution >= 4 is 28.3 Å². The average Bonchev–Trinajstić information content (AvgIpc) is 2.80. The number of fused-ring (bicyclic) bond motifs is 1. The van der Waals surface area contributed by atoms with Crippen LogP contribution in [0, 0.1) is 13.8 Å². The van der Waals surface area contributed by atoms with Crippen molar-refractivity contribution in [3.8, 4) is 0 Å². The van der Waals surface area contributed by atoms with Crippen LogP contribution in [0.5, 0.6) is 0 Å². The first-order valence-corrected chi connectivity index (χ1v) is 6.29. The summed E-state index contributed by atoms with van der Waals surface area (Å²) < 4.78 is 1.99. The second-order valence-corrected chi connectivity index (χ2v) is 5.14. The minimum Gasteiger partial charge on any atom is -0.290 e. The van der Waals surface area contributed by atoms with Gasteiger partial charge >= 0.3 is 0 Å². The Labute approximate surface area is 109 Å². The van der Waals surface area contributed by atoms with Gasteiger partial charge in [0, 0.05) is 24.2 Å². The molecule has 5 nitrogen and oxygen atoms in total. The quantitative estimate of drug-likeness (QED) is 0.630. The largest absolute Gasteiger partial charge is 0.290 e. The molecule has 2 aromatic heterocycles. The predicted molar refractivity (Wildman–Crippen MR) is 71.4 cm³/mol. The first kappa shape index (κ1) is 12.8. The Morgan fingerprint density at radius 2 is 2.28 bits per heavy atom. The third kappa shape index (κ3) is 2.30. The molecule has 0 spiro atoms. The van der Waals surface area contributed by atoms with E-state index in [1.807, 2.05) is 24.4 Å². The number of aryl methyl sites for hydroxylation is 2. The molecular weight excluding hydrogens is 250 g/mol. The molecular formula is C12H15N3O2S. The molecule has 0 atom stereocenters. The summed E-state index contributed by atoms with van der Waals surface area (Å²) in [4.78, 5) is 23.0. The van der Waals surface area contributed by atoms with Crippen LogP contribution in [-0.4, -0.2) is 34.5 Å². The number of hydroxylamine groups is 2. The van der Waals surface area contributed by atoms with Gasteiger partial charge in [-0.25, -0.2) is 10.0 Å². The number of thiazole rings is 1. The zero-order chi connectivity index (χ0) is 13.3. The van der Waals surface area contributed by atoms with Crippen molar-refractivity contribution in [2.45, 2.75) is 13.8 Å². The summed E-state index contributed by atoms with van der Waals surface area (Å²) in [6.07, 6.45) is 5.26. The van der Waals surface area contributed by atoms with E-state index < -0.39 is 0 Å². The maximum atomic E-state index is 11.6. The van der Waals surface area contributed by atoms with Crippen LogP contribution in [0.4, 0.5) is 0 Å². The van der Waals surface area contributed by atoms with Crippen LogP contribution >= 0.6 is 11.3 Å². The van der Waals surface area contributed by atoms with Crippen molar-refractivity contribution in [3.05, 3.63) is 28.5 Å². The van der Waals surface area contributed by atoms with E-state index in [1.54, 1.807) is 24.5 Å². The van der Waals surface area contributed by atoms with E-state index in [-0.39, 0.29) is 5.91 Å². The number of hydrogen-bond donors (Lipinski definition) is 0. The second kappa shape index (κ2) is 4.91. The Morgan fingerprint density at radius 1 is 1.56 bits per heavy atom. The van der Waals surface area contributed by atoms with Crippen LogP contribution in [0.3, 0.4) is 0 Å². The molecule has 0 unspecified atom stereocenters. The minimum absolute atomic E-state index is 0.209. The molecule has 0 aliphatic carbocycles. The molecule has 0 saturated carbocycles. The van der Waals surface area contributed by atoms with Gasteiger partial charge in [0.15, 0.2) is 4.96 Å². The lowest BCUT2D eigenvalue weighted by atomic mass is 10.3. The van der Waals surface area contributed by atoms with Crippen LogP contribution in [0.15, 0.2) is 12.3 Å².